The molecule has 0 bridgehead atoms. The molecule has 0 saturated heterocycles. The average molecular weight is 312 g/mol. The fourth-order valence-corrected chi connectivity index (χ4v) is 2.00. The van der Waals surface area contributed by atoms with Gasteiger partial charge in [0, 0.05) is 17.6 Å². The summed E-state index contributed by atoms with van der Waals surface area (Å²) in [5.74, 6) is -0.427. The zero-order chi connectivity index (χ0) is 13.3. The van der Waals surface area contributed by atoms with Crippen molar-refractivity contribution in [3.05, 3.63) is 28.5 Å². The summed E-state index contributed by atoms with van der Waals surface area (Å²) in [7, 11) is 1.50. The van der Waals surface area contributed by atoms with Crippen molar-refractivity contribution in [1.82, 2.24) is 14.9 Å². The summed E-state index contributed by atoms with van der Waals surface area (Å²) < 4.78 is 7.49. The number of carbonyl (C=O) groups is 2. The van der Waals surface area contributed by atoms with Crippen LogP contribution in [0.4, 0.5) is 0 Å². The van der Waals surface area contributed by atoms with Crippen LogP contribution in [0.5, 0.6) is 5.75 Å². The maximum atomic E-state index is 11.8. The van der Waals surface area contributed by atoms with Gasteiger partial charge in [0.25, 0.3) is 5.91 Å². The van der Waals surface area contributed by atoms with Gasteiger partial charge >= 0.3 is 0 Å². The molecule has 94 valence electrons. The zero-order valence-corrected chi connectivity index (χ0v) is 11.3. The molecule has 7 heteroatoms. The molecule has 0 unspecified atom stereocenters. The number of rotatable bonds is 2. The topological polar surface area (TPSA) is 72.7 Å². The Bertz CT molecular complexity index is 636. The molecule has 2 aromatic heterocycles. The highest BCUT2D eigenvalue weighted by atomic mass is 79.9. The van der Waals surface area contributed by atoms with Gasteiger partial charge in [0.15, 0.2) is 0 Å². The zero-order valence-electron chi connectivity index (χ0n) is 9.73. The van der Waals surface area contributed by atoms with Crippen LogP contribution in [0.3, 0.4) is 0 Å². The Balaban J connectivity index is 2.59. The summed E-state index contributed by atoms with van der Waals surface area (Å²) in [6.45, 7) is 1.28. The molecule has 2 rings (SSSR count). The fraction of sp³-hybridized carbons (Fsp3) is 0.182. The molecule has 0 fully saturated rings. The normalized spacial score (nSPS) is 10.4. The van der Waals surface area contributed by atoms with E-state index in [0.29, 0.717) is 11.3 Å². The third kappa shape index (κ3) is 2.21. The number of pyridine rings is 1. The fourth-order valence-electron chi connectivity index (χ4n) is 1.60. The Morgan fingerprint density at radius 1 is 1.50 bits per heavy atom. The average Bonchev–Trinajstić information content (AvgIpc) is 2.70. The van der Waals surface area contributed by atoms with Gasteiger partial charge in [0.2, 0.25) is 5.91 Å². The number of carbonyl (C=O) groups excluding carboxylic acids is 2. The number of nitrogens with zero attached hydrogens (tertiary/aromatic N) is 2. The molecule has 0 radical (unpaired) electrons. The molecule has 1 N–H and O–H groups in total. The van der Waals surface area contributed by atoms with Gasteiger partial charge in [-0.05, 0) is 22.0 Å². The number of hydrogen-bond donors (Lipinski definition) is 1. The molecule has 0 aliphatic carbocycles. The Morgan fingerprint density at radius 3 is 2.83 bits per heavy atom. The van der Waals surface area contributed by atoms with E-state index in [1.54, 1.807) is 12.3 Å². The summed E-state index contributed by atoms with van der Waals surface area (Å²) in [5.41, 5.74) is 0.800. The largest absolute Gasteiger partial charge is 0.494 e. The number of methoxy groups -OCH3 is 1. The monoisotopic (exact) mass is 311 g/mol. The molecular formula is C11H10BrN3O3. The highest BCUT2D eigenvalue weighted by Gasteiger charge is 2.17. The lowest BCUT2D eigenvalue weighted by Gasteiger charge is -2.05. The standard InChI is InChI=1S/C11H10BrN3O3/c1-6(16)14-11(17)8-4-13-15-5-7(12)3-9(18-2)10(8)15/h3-5H,1-2H3,(H,14,16,17). The number of imide groups is 1. The van der Waals surface area contributed by atoms with Crippen LogP contribution >= 0.6 is 15.9 Å². The first-order valence-corrected chi connectivity index (χ1v) is 5.85. The van der Waals surface area contributed by atoms with Crippen LogP contribution in [0.15, 0.2) is 22.9 Å². The van der Waals surface area contributed by atoms with Crippen LogP contribution in [0, 0.1) is 0 Å². The van der Waals surface area contributed by atoms with E-state index in [1.807, 2.05) is 0 Å². The lowest BCUT2D eigenvalue weighted by molar-refractivity contribution is -0.118. The third-order valence-corrected chi connectivity index (χ3v) is 2.73. The quantitative estimate of drug-likeness (QED) is 0.909. The first kappa shape index (κ1) is 12.6. The second-order valence-corrected chi connectivity index (χ2v) is 4.50. The predicted molar refractivity (Wildman–Crippen MR) is 67.6 cm³/mol. The number of ether oxygens (including phenoxy) is 1. The van der Waals surface area contributed by atoms with E-state index in [4.69, 9.17) is 4.74 Å². The molecular weight excluding hydrogens is 302 g/mol. The van der Waals surface area contributed by atoms with Gasteiger partial charge in [0.1, 0.15) is 11.3 Å². The first-order valence-electron chi connectivity index (χ1n) is 5.05. The Kier molecular flexibility index (Phi) is 3.33. The van der Waals surface area contributed by atoms with Crippen LogP contribution in [0.2, 0.25) is 0 Å². The molecule has 18 heavy (non-hydrogen) atoms. The minimum absolute atomic E-state index is 0.287. The van der Waals surface area contributed by atoms with Gasteiger partial charge in [0.05, 0.1) is 18.9 Å². The number of nitrogens with one attached hydrogen (secondary N) is 1. The van der Waals surface area contributed by atoms with Crippen LogP contribution < -0.4 is 10.1 Å². The van der Waals surface area contributed by atoms with Gasteiger partial charge in [-0.1, -0.05) is 0 Å². The summed E-state index contributed by atoms with van der Waals surface area (Å²) >= 11 is 3.32. The van der Waals surface area contributed by atoms with Crippen LogP contribution in [0.1, 0.15) is 17.3 Å². The van der Waals surface area contributed by atoms with Crippen molar-refractivity contribution in [1.29, 1.82) is 0 Å². The number of aromatic nitrogens is 2. The van der Waals surface area contributed by atoms with Gasteiger partial charge in [-0.25, -0.2) is 4.52 Å². The third-order valence-electron chi connectivity index (χ3n) is 2.30. The van der Waals surface area contributed by atoms with Crippen molar-refractivity contribution in [3.8, 4) is 5.75 Å². The molecule has 6 nitrogen and oxygen atoms in total. The predicted octanol–water partition coefficient (Wildman–Crippen LogP) is 1.38. The molecule has 0 aliphatic heterocycles. The second-order valence-electron chi connectivity index (χ2n) is 3.59. The van der Waals surface area contributed by atoms with Crippen molar-refractivity contribution in [3.63, 3.8) is 0 Å². The smallest absolute Gasteiger partial charge is 0.261 e. The number of amides is 2. The maximum Gasteiger partial charge on any atom is 0.261 e. The highest BCUT2D eigenvalue weighted by molar-refractivity contribution is 9.10. The summed E-state index contributed by atoms with van der Waals surface area (Å²) in [6.07, 6.45) is 3.09. The van der Waals surface area contributed by atoms with Crippen molar-refractivity contribution in [2.75, 3.05) is 7.11 Å². The minimum atomic E-state index is -0.502. The van der Waals surface area contributed by atoms with Crippen LogP contribution in [-0.4, -0.2) is 28.5 Å². The van der Waals surface area contributed by atoms with Gasteiger partial charge in [-0.3, -0.25) is 14.9 Å². The molecule has 0 atom stereocenters. The Morgan fingerprint density at radius 2 is 2.22 bits per heavy atom. The summed E-state index contributed by atoms with van der Waals surface area (Å²) in [6, 6.07) is 1.72. The maximum absolute atomic E-state index is 11.8. The first-order chi connectivity index (χ1) is 8.52. The molecule has 0 spiro atoms. The number of halogens is 1. The molecule has 0 aromatic carbocycles. The van der Waals surface area contributed by atoms with E-state index in [1.165, 1.54) is 24.7 Å². The van der Waals surface area contributed by atoms with E-state index in [0.717, 1.165) is 4.47 Å². The van der Waals surface area contributed by atoms with Gasteiger partial charge in [-0.15, -0.1) is 0 Å². The van der Waals surface area contributed by atoms with E-state index in [-0.39, 0.29) is 5.56 Å². The van der Waals surface area contributed by atoms with E-state index >= 15 is 0 Å². The second kappa shape index (κ2) is 4.77. The minimum Gasteiger partial charge on any atom is -0.494 e. The van der Waals surface area contributed by atoms with Crippen LogP contribution in [-0.2, 0) is 4.79 Å². The summed E-state index contributed by atoms with van der Waals surface area (Å²) in [4.78, 5) is 22.7. The lowest BCUT2D eigenvalue weighted by atomic mass is 10.2. The van der Waals surface area contributed by atoms with Crippen molar-refractivity contribution < 1.29 is 14.3 Å². The SMILES string of the molecule is COc1cc(Br)cn2ncc(C(=O)NC(C)=O)c12. The highest BCUT2D eigenvalue weighted by Crippen LogP contribution is 2.27. The Hall–Kier alpha value is -1.89. The lowest BCUT2D eigenvalue weighted by Crippen LogP contribution is -2.27. The molecule has 2 aromatic rings. The summed E-state index contributed by atoms with van der Waals surface area (Å²) in [5, 5.41) is 6.26. The number of hydrogen-bond acceptors (Lipinski definition) is 4. The van der Waals surface area contributed by atoms with E-state index in [9.17, 15) is 9.59 Å². The molecule has 0 saturated carbocycles. The van der Waals surface area contributed by atoms with Crippen molar-refractivity contribution >= 4 is 33.3 Å². The van der Waals surface area contributed by atoms with Gasteiger partial charge in [-0.2, -0.15) is 5.10 Å². The van der Waals surface area contributed by atoms with Crippen LogP contribution in [0.25, 0.3) is 5.52 Å². The molecule has 2 amide bonds. The molecule has 2 heterocycles. The van der Waals surface area contributed by atoms with Crippen molar-refractivity contribution in [2.45, 2.75) is 6.92 Å². The van der Waals surface area contributed by atoms with Gasteiger partial charge < -0.3 is 4.74 Å². The molecule has 0 aliphatic rings. The Labute approximate surface area is 111 Å². The van der Waals surface area contributed by atoms with E-state index in [2.05, 4.69) is 26.3 Å². The number of fused-ring (bicyclic) bond motifs is 1. The van der Waals surface area contributed by atoms with E-state index < -0.39 is 11.8 Å². The van der Waals surface area contributed by atoms with Crippen molar-refractivity contribution in [2.24, 2.45) is 0 Å².